The molecule has 7 heteroatoms. The molecule has 3 amide bonds. The maximum absolute atomic E-state index is 13.2. The molecular formula is C25H27N3O4. The van der Waals surface area contributed by atoms with Crippen LogP contribution in [-0.4, -0.2) is 28.9 Å². The van der Waals surface area contributed by atoms with E-state index in [-0.39, 0.29) is 17.9 Å². The topological polar surface area (TPSA) is 84.7 Å². The molecule has 4 rings (SSSR count). The third-order valence-corrected chi connectivity index (χ3v) is 5.81. The van der Waals surface area contributed by atoms with Gasteiger partial charge in [-0.05, 0) is 47.7 Å². The molecule has 1 aliphatic rings. The van der Waals surface area contributed by atoms with Gasteiger partial charge in [-0.2, -0.15) is 0 Å². The van der Waals surface area contributed by atoms with Gasteiger partial charge in [0, 0.05) is 5.56 Å². The molecule has 1 saturated heterocycles. The van der Waals surface area contributed by atoms with Crippen LogP contribution in [0.15, 0.2) is 59.2 Å². The maximum atomic E-state index is 13.2. The molecule has 0 radical (unpaired) electrons. The van der Waals surface area contributed by atoms with Gasteiger partial charge in [0.1, 0.15) is 17.6 Å². The number of benzene rings is 2. The van der Waals surface area contributed by atoms with E-state index in [0.717, 1.165) is 22.4 Å². The van der Waals surface area contributed by atoms with Crippen molar-refractivity contribution in [2.45, 2.75) is 45.2 Å². The second kappa shape index (κ2) is 7.82. The molecule has 2 aromatic carbocycles. The van der Waals surface area contributed by atoms with Crippen LogP contribution in [0, 0.1) is 0 Å². The van der Waals surface area contributed by atoms with Crippen molar-refractivity contribution in [1.82, 2.24) is 15.2 Å². The molecule has 7 nitrogen and oxygen atoms in total. The number of methoxy groups -OCH3 is 1. The van der Waals surface area contributed by atoms with Gasteiger partial charge in [-0.3, -0.25) is 9.69 Å². The molecule has 32 heavy (non-hydrogen) atoms. The van der Waals surface area contributed by atoms with E-state index in [0.29, 0.717) is 11.6 Å². The van der Waals surface area contributed by atoms with Crippen LogP contribution in [0.5, 0.6) is 5.75 Å². The first-order chi connectivity index (χ1) is 15.1. The monoisotopic (exact) mass is 433 g/mol. The van der Waals surface area contributed by atoms with Gasteiger partial charge in [0.15, 0.2) is 0 Å². The lowest BCUT2D eigenvalue weighted by Crippen LogP contribution is -2.40. The molecule has 1 N–H and O–H groups in total. The number of carbonyl (C=O) groups is 2. The zero-order valence-electron chi connectivity index (χ0n) is 18.9. The first-order valence-electron chi connectivity index (χ1n) is 10.5. The molecule has 1 atom stereocenters. The van der Waals surface area contributed by atoms with Crippen LogP contribution in [-0.2, 0) is 22.3 Å². The SMILES string of the molecule is COc1ccc(-c2nc(CN3C(=O)NC(C)(c4ccc(C(C)(C)C)cc4)C3=O)co2)cc1. The highest BCUT2D eigenvalue weighted by Gasteiger charge is 2.49. The molecule has 1 aromatic heterocycles. The van der Waals surface area contributed by atoms with Crippen LogP contribution in [0.25, 0.3) is 11.5 Å². The van der Waals surface area contributed by atoms with E-state index in [1.807, 2.05) is 48.5 Å². The van der Waals surface area contributed by atoms with Crippen LogP contribution in [0.3, 0.4) is 0 Å². The second-order valence-electron chi connectivity index (χ2n) is 9.15. The molecule has 0 aliphatic carbocycles. The largest absolute Gasteiger partial charge is 0.497 e. The number of hydrogen-bond acceptors (Lipinski definition) is 5. The lowest BCUT2D eigenvalue weighted by Gasteiger charge is -2.24. The normalized spacial score (nSPS) is 18.7. The number of rotatable bonds is 5. The summed E-state index contributed by atoms with van der Waals surface area (Å²) >= 11 is 0. The van der Waals surface area contributed by atoms with Crippen LogP contribution in [0.4, 0.5) is 4.79 Å². The van der Waals surface area contributed by atoms with Crippen molar-refractivity contribution >= 4 is 11.9 Å². The second-order valence-corrected chi connectivity index (χ2v) is 9.15. The van der Waals surface area contributed by atoms with Gasteiger partial charge in [0.2, 0.25) is 5.89 Å². The highest BCUT2D eigenvalue weighted by Crippen LogP contribution is 2.32. The summed E-state index contributed by atoms with van der Waals surface area (Å²) in [5.41, 5.74) is 2.04. The van der Waals surface area contributed by atoms with E-state index in [2.05, 4.69) is 31.1 Å². The summed E-state index contributed by atoms with van der Waals surface area (Å²) in [7, 11) is 1.60. The Labute approximate surface area is 187 Å². The number of hydrogen-bond donors (Lipinski definition) is 1. The lowest BCUT2D eigenvalue weighted by molar-refractivity contribution is -0.131. The van der Waals surface area contributed by atoms with E-state index in [1.165, 1.54) is 11.2 Å². The van der Waals surface area contributed by atoms with Gasteiger partial charge in [0.05, 0.1) is 19.3 Å². The molecule has 0 spiro atoms. The van der Waals surface area contributed by atoms with E-state index in [9.17, 15) is 9.59 Å². The maximum Gasteiger partial charge on any atom is 0.325 e. The highest BCUT2D eigenvalue weighted by atomic mass is 16.5. The van der Waals surface area contributed by atoms with Crippen molar-refractivity contribution in [2.24, 2.45) is 0 Å². The molecular weight excluding hydrogens is 406 g/mol. The number of oxazole rings is 1. The summed E-state index contributed by atoms with van der Waals surface area (Å²) in [6.45, 7) is 8.15. The Balaban J connectivity index is 1.52. The van der Waals surface area contributed by atoms with Crippen molar-refractivity contribution in [3.8, 4) is 17.2 Å². The zero-order valence-corrected chi connectivity index (χ0v) is 18.9. The standard InChI is InChI=1S/C25H27N3O4/c1-24(2,3)17-8-10-18(11-9-17)25(4)22(29)28(23(30)27-25)14-19-15-32-21(26-19)16-6-12-20(31-5)13-7-16/h6-13,15H,14H2,1-5H3,(H,27,30). The van der Waals surface area contributed by atoms with Crippen molar-refractivity contribution in [1.29, 1.82) is 0 Å². The summed E-state index contributed by atoms with van der Waals surface area (Å²) < 4.78 is 10.7. The fourth-order valence-electron chi connectivity index (χ4n) is 3.75. The lowest BCUT2D eigenvalue weighted by atomic mass is 9.84. The number of nitrogens with one attached hydrogen (secondary N) is 1. The summed E-state index contributed by atoms with van der Waals surface area (Å²) in [5.74, 6) is 0.824. The number of ether oxygens (including phenoxy) is 1. The number of urea groups is 1. The predicted octanol–water partition coefficient (Wildman–Crippen LogP) is 4.61. The number of nitrogens with zero attached hydrogens (tertiary/aromatic N) is 2. The molecule has 1 aliphatic heterocycles. The van der Waals surface area contributed by atoms with Gasteiger partial charge in [-0.15, -0.1) is 0 Å². The first kappa shape index (κ1) is 21.6. The summed E-state index contributed by atoms with van der Waals surface area (Å²) in [6, 6.07) is 14.6. The Morgan fingerprint density at radius 1 is 1.06 bits per heavy atom. The fraction of sp³-hybridized carbons (Fsp3) is 0.320. The Hall–Kier alpha value is -3.61. The van der Waals surface area contributed by atoms with E-state index < -0.39 is 11.6 Å². The molecule has 166 valence electrons. The van der Waals surface area contributed by atoms with Gasteiger partial charge in [-0.1, -0.05) is 45.0 Å². The number of carbonyl (C=O) groups excluding carboxylic acids is 2. The van der Waals surface area contributed by atoms with E-state index in [1.54, 1.807) is 14.0 Å². The summed E-state index contributed by atoms with van der Waals surface area (Å²) in [5, 5.41) is 2.84. The van der Waals surface area contributed by atoms with Crippen LogP contribution < -0.4 is 10.1 Å². The van der Waals surface area contributed by atoms with Crippen molar-refractivity contribution in [3.05, 3.63) is 71.6 Å². The quantitative estimate of drug-likeness (QED) is 0.594. The minimum absolute atomic E-state index is 0.00292. The van der Waals surface area contributed by atoms with Crippen molar-refractivity contribution < 1.29 is 18.7 Å². The highest BCUT2D eigenvalue weighted by molar-refractivity contribution is 6.07. The van der Waals surface area contributed by atoms with Crippen molar-refractivity contribution in [2.75, 3.05) is 7.11 Å². The van der Waals surface area contributed by atoms with Gasteiger partial charge in [0.25, 0.3) is 5.91 Å². The van der Waals surface area contributed by atoms with E-state index in [4.69, 9.17) is 9.15 Å². The molecule has 2 heterocycles. The molecule has 1 unspecified atom stereocenters. The molecule has 0 bridgehead atoms. The molecule has 0 saturated carbocycles. The Morgan fingerprint density at radius 2 is 1.72 bits per heavy atom. The smallest absolute Gasteiger partial charge is 0.325 e. The Kier molecular flexibility index (Phi) is 5.28. The number of amides is 3. The fourth-order valence-corrected chi connectivity index (χ4v) is 3.75. The third kappa shape index (κ3) is 3.86. The average Bonchev–Trinajstić information content (AvgIpc) is 3.32. The van der Waals surface area contributed by atoms with Crippen LogP contribution in [0.2, 0.25) is 0 Å². The molecule has 1 fully saturated rings. The first-order valence-corrected chi connectivity index (χ1v) is 10.5. The van der Waals surface area contributed by atoms with Gasteiger partial charge >= 0.3 is 6.03 Å². The van der Waals surface area contributed by atoms with E-state index >= 15 is 0 Å². The minimum atomic E-state index is -1.13. The zero-order chi connectivity index (χ0) is 23.1. The number of aromatic nitrogens is 1. The van der Waals surface area contributed by atoms with Gasteiger partial charge in [-0.25, -0.2) is 9.78 Å². The predicted molar refractivity (Wildman–Crippen MR) is 120 cm³/mol. The van der Waals surface area contributed by atoms with Crippen LogP contribution in [0.1, 0.15) is 44.5 Å². The summed E-state index contributed by atoms with van der Waals surface area (Å²) in [6.07, 6.45) is 1.47. The minimum Gasteiger partial charge on any atom is -0.497 e. The van der Waals surface area contributed by atoms with Gasteiger partial charge < -0.3 is 14.5 Å². The molecule has 3 aromatic rings. The number of imide groups is 1. The average molecular weight is 434 g/mol. The third-order valence-electron chi connectivity index (χ3n) is 5.81. The summed E-state index contributed by atoms with van der Waals surface area (Å²) in [4.78, 5) is 31.5. The van der Waals surface area contributed by atoms with Crippen molar-refractivity contribution in [3.63, 3.8) is 0 Å². The Bertz CT molecular complexity index is 1140. The van der Waals surface area contributed by atoms with Crippen LogP contribution >= 0.6 is 0 Å². The Morgan fingerprint density at radius 3 is 2.31 bits per heavy atom.